The third-order valence-electron chi connectivity index (χ3n) is 5.62. The molecule has 0 radical (unpaired) electrons. The van der Waals surface area contributed by atoms with E-state index in [4.69, 9.17) is 4.74 Å². The minimum atomic E-state index is -0.249. The molecule has 1 unspecified atom stereocenters. The molecule has 1 fully saturated rings. The minimum Gasteiger partial charge on any atom is -0.446 e. The summed E-state index contributed by atoms with van der Waals surface area (Å²) in [6.45, 7) is 14.0. The molecule has 0 aromatic heterocycles. The highest BCUT2D eigenvalue weighted by Gasteiger charge is 2.44. The molecule has 1 aliphatic heterocycles. The van der Waals surface area contributed by atoms with Crippen molar-refractivity contribution in [3.8, 4) is 0 Å². The number of amides is 1. The lowest BCUT2D eigenvalue weighted by molar-refractivity contribution is -0.0681. The van der Waals surface area contributed by atoms with Crippen molar-refractivity contribution < 1.29 is 9.53 Å². The molecular formula is C19H38N2O2. The Morgan fingerprint density at radius 2 is 1.78 bits per heavy atom. The van der Waals surface area contributed by atoms with Crippen molar-refractivity contribution in [3.63, 3.8) is 0 Å². The van der Waals surface area contributed by atoms with Crippen molar-refractivity contribution in [3.05, 3.63) is 0 Å². The topological polar surface area (TPSA) is 41.6 Å². The fourth-order valence-corrected chi connectivity index (χ4v) is 3.73. The summed E-state index contributed by atoms with van der Waals surface area (Å²) in [5.74, 6) is 0.563. The van der Waals surface area contributed by atoms with Crippen LogP contribution in [0.5, 0.6) is 0 Å². The van der Waals surface area contributed by atoms with Crippen LogP contribution in [0, 0.1) is 5.92 Å². The van der Waals surface area contributed by atoms with Gasteiger partial charge in [-0.25, -0.2) is 4.79 Å². The molecule has 1 rings (SSSR count). The van der Waals surface area contributed by atoms with Crippen LogP contribution < -0.4 is 5.32 Å². The summed E-state index contributed by atoms with van der Waals surface area (Å²) < 4.78 is 5.73. The smallest absolute Gasteiger partial charge is 0.407 e. The second-order valence-corrected chi connectivity index (χ2v) is 8.42. The third-order valence-corrected chi connectivity index (χ3v) is 5.62. The molecular weight excluding hydrogens is 288 g/mol. The van der Waals surface area contributed by atoms with E-state index in [1.807, 2.05) is 0 Å². The lowest BCUT2D eigenvalue weighted by atomic mass is 9.79. The average Bonchev–Trinajstić information content (AvgIpc) is 2.44. The Hall–Kier alpha value is -0.770. The number of nitrogens with zero attached hydrogens (tertiary/aromatic N) is 1. The van der Waals surface area contributed by atoms with Crippen LogP contribution in [0.3, 0.4) is 0 Å². The van der Waals surface area contributed by atoms with Gasteiger partial charge in [-0.2, -0.15) is 0 Å². The number of carbonyl (C=O) groups excluding carboxylic acids is 1. The first-order valence-corrected chi connectivity index (χ1v) is 9.30. The summed E-state index contributed by atoms with van der Waals surface area (Å²) in [6, 6.07) is 0. The van der Waals surface area contributed by atoms with Crippen molar-refractivity contribution >= 4 is 6.09 Å². The van der Waals surface area contributed by atoms with Gasteiger partial charge in [0.15, 0.2) is 0 Å². The molecule has 4 nitrogen and oxygen atoms in total. The molecule has 0 aromatic carbocycles. The number of unbranched alkanes of at least 4 members (excludes halogenated alkanes) is 1. The number of rotatable bonds is 7. The second-order valence-electron chi connectivity index (χ2n) is 8.42. The van der Waals surface area contributed by atoms with Gasteiger partial charge in [0.05, 0.1) is 0 Å². The lowest BCUT2D eigenvalue weighted by Gasteiger charge is -2.53. The van der Waals surface area contributed by atoms with E-state index in [1.165, 1.54) is 19.3 Å². The minimum absolute atomic E-state index is 0.00748. The molecule has 0 aliphatic carbocycles. The molecule has 1 heterocycles. The van der Waals surface area contributed by atoms with Gasteiger partial charge < -0.3 is 10.1 Å². The number of piperidine rings is 1. The summed E-state index contributed by atoms with van der Waals surface area (Å²) >= 11 is 0. The molecule has 0 spiro atoms. The van der Waals surface area contributed by atoms with E-state index in [1.54, 1.807) is 0 Å². The lowest BCUT2D eigenvalue weighted by Crippen LogP contribution is -2.60. The molecule has 1 atom stereocenters. The van der Waals surface area contributed by atoms with E-state index in [0.717, 1.165) is 25.8 Å². The van der Waals surface area contributed by atoms with E-state index >= 15 is 0 Å². The fraction of sp³-hybridized carbons (Fsp3) is 0.947. The Morgan fingerprint density at radius 3 is 2.26 bits per heavy atom. The highest BCUT2D eigenvalue weighted by Crippen LogP contribution is 2.38. The SMILES string of the molecule is CCCCC(CC)CNC(=O)OC1CC(C)(C)N(C)C(C)(C)C1. The van der Waals surface area contributed by atoms with Crippen LogP contribution in [-0.2, 0) is 4.74 Å². The molecule has 1 N–H and O–H groups in total. The van der Waals surface area contributed by atoms with Gasteiger partial charge in [-0.05, 0) is 47.1 Å². The zero-order valence-corrected chi connectivity index (χ0v) is 16.4. The van der Waals surface area contributed by atoms with Crippen LogP contribution in [0.15, 0.2) is 0 Å². The maximum Gasteiger partial charge on any atom is 0.407 e. The van der Waals surface area contributed by atoms with Gasteiger partial charge in [-0.1, -0.05) is 33.1 Å². The van der Waals surface area contributed by atoms with Gasteiger partial charge in [0.25, 0.3) is 0 Å². The number of hydrogen-bond acceptors (Lipinski definition) is 3. The van der Waals surface area contributed by atoms with Gasteiger partial charge in [0, 0.05) is 30.5 Å². The van der Waals surface area contributed by atoms with E-state index in [0.29, 0.717) is 5.92 Å². The first-order valence-electron chi connectivity index (χ1n) is 9.30. The average molecular weight is 327 g/mol. The number of carbonyl (C=O) groups is 1. The normalized spacial score (nSPS) is 22.6. The summed E-state index contributed by atoms with van der Waals surface area (Å²) in [5.41, 5.74) is 0.0829. The van der Waals surface area contributed by atoms with Crippen LogP contribution in [0.4, 0.5) is 4.79 Å². The molecule has 23 heavy (non-hydrogen) atoms. The maximum atomic E-state index is 12.2. The monoisotopic (exact) mass is 326 g/mol. The quantitative estimate of drug-likeness (QED) is 0.744. The highest BCUT2D eigenvalue weighted by atomic mass is 16.6. The first kappa shape index (κ1) is 20.3. The molecule has 1 aliphatic rings. The molecule has 0 bridgehead atoms. The van der Waals surface area contributed by atoms with Crippen LogP contribution in [0.25, 0.3) is 0 Å². The van der Waals surface area contributed by atoms with Gasteiger partial charge in [-0.3, -0.25) is 4.90 Å². The van der Waals surface area contributed by atoms with E-state index < -0.39 is 0 Å². The van der Waals surface area contributed by atoms with Crippen LogP contribution in [-0.4, -0.2) is 41.8 Å². The largest absolute Gasteiger partial charge is 0.446 e. The van der Waals surface area contributed by atoms with Crippen LogP contribution >= 0.6 is 0 Å². The number of ether oxygens (including phenoxy) is 1. The highest BCUT2D eigenvalue weighted by molar-refractivity contribution is 5.67. The summed E-state index contributed by atoms with van der Waals surface area (Å²) in [6.07, 6.45) is 6.23. The fourth-order valence-electron chi connectivity index (χ4n) is 3.73. The Bertz CT molecular complexity index is 362. The molecule has 136 valence electrons. The van der Waals surface area contributed by atoms with Crippen LogP contribution in [0.2, 0.25) is 0 Å². The van der Waals surface area contributed by atoms with Crippen molar-refractivity contribution in [2.45, 2.75) is 97.2 Å². The van der Waals surface area contributed by atoms with Gasteiger partial charge in [0.2, 0.25) is 0 Å². The maximum absolute atomic E-state index is 12.2. The number of alkyl carbamates (subject to hydrolysis) is 1. The summed E-state index contributed by atoms with van der Waals surface area (Å²) in [5, 5.41) is 2.98. The van der Waals surface area contributed by atoms with E-state index in [-0.39, 0.29) is 23.3 Å². The van der Waals surface area contributed by atoms with Crippen molar-refractivity contribution in [2.24, 2.45) is 5.92 Å². The van der Waals surface area contributed by atoms with E-state index in [2.05, 4.69) is 58.8 Å². The summed E-state index contributed by atoms with van der Waals surface area (Å²) in [4.78, 5) is 14.6. The Balaban J connectivity index is 2.48. The van der Waals surface area contributed by atoms with Crippen molar-refractivity contribution in [1.82, 2.24) is 10.2 Å². The number of nitrogens with one attached hydrogen (secondary N) is 1. The van der Waals surface area contributed by atoms with Gasteiger partial charge in [-0.15, -0.1) is 0 Å². The molecule has 1 saturated heterocycles. The van der Waals surface area contributed by atoms with Gasteiger partial charge >= 0.3 is 6.09 Å². The standard InChI is InChI=1S/C19H38N2O2/c1-8-10-11-15(9-2)14-20-17(22)23-16-12-18(3,4)21(7)19(5,6)13-16/h15-16H,8-14H2,1-7H3,(H,20,22). The number of hydrogen-bond donors (Lipinski definition) is 1. The third kappa shape index (κ3) is 5.98. The Morgan fingerprint density at radius 1 is 1.22 bits per heavy atom. The Labute approximate surface area is 143 Å². The van der Waals surface area contributed by atoms with Gasteiger partial charge in [0.1, 0.15) is 6.10 Å². The predicted octanol–water partition coefficient (Wildman–Crippen LogP) is 4.58. The second kappa shape index (κ2) is 8.36. The molecule has 1 amide bonds. The summed E-state index contributed by atoms with van der Waals surface area (Å²) in [7, 11) is 2.16. The molecule has 0 saturated carbocycles. The number of likely N-dealkylation sites (tertiary alicyclic amines) is 1. The van der Waals surface area contributed by atoms with Crippen molar-refractivity contribution in [1.29, 1.82) is 0 Å². The van der Waals surface area contributed by atoms with Crippen LogP contribution in [0.1, 0.15) is 80.1 Å². The predicted molar refractivity (Wildman–Crippen MR) is 96.7 cm³/mol. The molecule has 4 heteroatoms. The molecule has 0 aromatic rings. The first-order chi connectivity index (χ1) is 10.6. The Kier molecular flexibility index (Phi) is 7.37. The zero-order chi connectivity index (χ0) is 17.7. The van der Waals surface area contributed by atoms with Crippen molar-refractivity contribution in [2.75, 3.05) is 13.6 Å². The van der Waals surface area contributed by atoms with E-state index in [9.17, 15) is 4.79 Å². The zero-order valence-electron chi connectivity index (χ0n) is 16.4.